The zero-order valence-corrected chi connectivity index (χ0v) is 16.3. The van der Waals surface area contributed by atoms with E-state index in [-0.39, 0.29) is 42.1 Å². The van der Waals surface area contributed by atoms with Crippen LogP contribution in [0.4, 0.5) is 0 Å². The van der Waals surface area contributed by atoms with Gasteiger partial charge in [0.15, 0.2) is 0 Å². The van der Waals surface area contributed by atoms with Crippen molar-refractivity contribution in [3.63, 3.8) is 0 Å². The van der Waals surface area contributed by atoms with Crippen molar-refractivity contribution in [1.82, 2.24) is 5.01 Å². The first-order valence-electron chi connectivity index (χ1n) is 10.4. The molecule has 7 rings (SSSR count). The molecule has 4 aliphatic carbocycles. The number of allylic oxidation sites excluding steroid dienone is 2. The molecule has 0 aromatic heterocycles. The highest BCUT2D eigenvalue weighted by Crippen LogP contribution is 2.65. The van der Waals surface area contributed by atoms with Crippen LogP contribution in [0.3, 0.4) is 0 Å². The molecule has 30 heavy (non-hydrogen) atoms. The van der Waals surface area contributed by atoms with Crippen LogP contribution in [0.1, 0.15) is 12.0 Å². The van der Waals surface area contributed by atoms with E-state index in [0.717, 1.165) is 22.2 Å². The summed E-state index contributed by atoms with van der Waals surface area (Å²) in [6.45, 7) is 0.128. The smallest absolute Gasteiger partial charge is 0.254 e. The van der Waals surface area contributed by atoms with E-state index >= 15 is 0 Å². The van der Waals surface area contributed by atoms with Crippen LogP contribution in [0.15, 0.2) is 53.7 Å². The van der Waals surface area contributed by atoms with Gasteiger partial charge in [-0.3, -0.25) is 9.59 Å². The number of carbonyl (C=O) groups excluding carboxylic acids is 2. The summed E-state index contributed by atoms with van der Waals surface area (Å²) in [4.78, 5) is 26.3. The molecule has 2 saturated carbocycles. The summed E-state index contributed by atoms with van der Waals surface area (Å²) in [7, 11) is 0. The number of carbonyl (C=O) groups is 2. The monoisotopic (exact) mass is 396 g/mol. The van der Waals surface area contributed by atoms with Gasteiger partial charge in [-0.05, 0) is 46.9 Å². The number of terminal acetylenes is 1. The second kappa shape index (κ2) is 6.30. The maximum atomic E-state index is 13.1. The number of benzene rings is 2. The largest absolute Gasteiger partial charge is 0.480 e. The van der Waals surface area contributed by atoms with Crippen molar-refractivity contribution in [1.29, 1.82) is 0 Å². The summed E-state index contributed by atoms with van der Waals surface area (Å²) in [5.74, 6) is 3.73. The summed E-state index contributed by atoms with van der Waals surface area (Å²) >= 11 is 0. The Balaban J connectivity index is 1.37. The summed E-state index contributed by atoms with van der Waals surface area (Å²) in [6, 6.07) is 11.6. The number of hydrazone groups is 1. The molecule has 3 fully saturated rings. The van der Waals surface area contributed by atoms with Crippen molar-refractivity contribution in [2.24, 2.45) is 40.6 Å². The summed E-state index contributed by atoms with van der Waals surface area (Å²) in [5.41, 5.74) is 0.711. The molecule has 148 valence electrons. The summed E-state index contributed by atoms with van der Waals surface area (Å²) in [6.07, 6.45) is 12.4. The Morgan fingerprint density at radius 1 is 1.07 bits per heavy atom. The molecule has 0 spiro atoms. The number of ether oxygens (including phenoxy) is 1. The predicted molar refractivity (Wildman–Crippen MR) is 112 cm³/mol. The highest BCUT2D eigenvalue weighted by molar-refractivity contribution is 6.08. The maximum Gasteiger partial charge on any atom is 0.254 e. The van der Waals surface area contributed by atoms with Gasteiger partial charge in [0.05, 0.1) is 18.1 Å². The third-order valence-electron chi connectivity index (χ3n) is 7.18. The van der Waals surface area contributed by atoms with Crippen molar-refractivity contribution in [3.8, 4) is 18.1 Å². The Hall–Kier alpha value is -3.39. The van der Waals surface area contributed by atoms with Gasteiger partial charge in [-0.15, -0.1) is 6.42 Å². The van der Waals surface area contributed by atoms with Crippen LogP contribution in [0.2, 0.25) is 0 Å². The second-order valence-corrected chi connectivity index (χ2v) is 8.58. The lowest BCUT2D eigenvalue weighted by molar-refractivity contribution is -0.140. The number of amides is 2. The molecule has 2 bridgehead atoms. The Morgan fingerprint density at radius 2 is 1.77 bits per heavy atom. The van der Waals surface area contributed by atoms with Crippen molar-refractivity contribution >= 4 is 28.8 Å². The highest BCUT2D eigenvalue weighted by atomic mass is 16.5. The minimum atomic E-state index is -0.252. The average molecular weight is 396 g/mol. The lowest BCUT2D eigenvalue weighted by Gasteiger charge is -2.37. The fraction of sp³-hybridized carbons (Fsp3) is 0.320. The standard InChI is InChI=1S/C25H20N2O3/c1-2-11-30-21-10-7-14-5-3-4-6-15(14)20(21)13-26-27-24(28)22-16-8-9-17(19-12-18(16)19)23(22)25(27)29/h1,3-10,13,16-19,22-23H,11-12H2/b26-13-/t16-,17-,18-,19-,22+,23+/m0/s1. The highest BCUT2D eigenvalue weighted by Gasteiger charge is 2.67. The van der Waals surface area contributed by atoms with E-state index < -0.39 is 0 Å². The van der Waals surface area contributed by atoms with Gasteiger partial charge in [-0.25, -0.2) is 0 Å². The normalized spacial score (nSPS) is 33.1. The molecule has 1 heterocycles. The van der Waals surface area contributed by atoms with Gasteiger partial charge in [0, 0.05) is 5.56 Å². The van der Waals surface area contributed by atoms with E-state index in [1.807, 2.05) is 36.4 Å². The molecule has 5 nitrogen and oxygen atoms in total. The van der Waals surface area contributed by atoms with E-state index in [1.165, 1.54) is 0 Å². The Bertz CT molecular complexity index is 1150. The zero-order chi connectivity index (χ0) is 20.4. The third kappa shape index (κ3) is 2.34. The number of hydrogen-bond donors (Lipinski definition) is 0. The van der Waals surface area contributed by atoms with E-state index in [0.29, 0.717) is 23.1 Å². The molecular weight excluding hydrogens is 376 g/mol. The van der Waals surface area contributed by atoms with Gasteiger partial charge in [-0.1, -0.05) is 48.4 Å². The molecule has 1 aliphatic heterocycles. The van der Waals surface area contributed by atoms with Crippen LogP contribution in [0.25, 0.3) is 10.8 Å². The molecule has 5 heteroatoms. The summed E-state index contributed by atoms with van der Waals surface area (Å²) in [5, 5.41) is 7.42. The molecule has 2 aromatic rings. The van der Waals surface area contributed by atoms with Crippen LogP contribution in [0, 0.1) is 47.9 Å². The first-order valence-corrected chi connectivity index (χ1v) is 10.4. The van der Waals surface area contributed by atoms with Gasteiger partial charge >= 0.3 is 0 Å². The molecule has 2 aromatic carbocycles. The minimum absolute atomic E-state index is 0.128. The quantitative estimate of drug-likeness (QED) is 0.345. The lowest BCUT2D eigenvalue weighted by atomic mass is 9.63. The molecule has 0 radical (unpaired) electrons. The van der Waals surface area contributed by atoms with E-state index in [4.69, 9.17) is 11.2 Å². The first kappa shape index (κ1) is 17.5. The molecule has 6 atom stereocenters. The topological polar surface area (TPSA) is 59.0 Å². The Morgan fingerprint density at radius 3 is 2.47 bits per heavy atom. The molecule has 5 aliphatic rings. The van der Waals surface area contributed by atoms with Gasteiger partial charge in [0.2, 0.25) is 0 Å². The maximum absolute atomic E-state index is 13.1. The second-order valence-electron chi connectivity index (χ2n) is 8.58. The van der Waals surface area contributed by atoms with Crippen molar-refractivity contribution in [2.45, 2.75) is 6.42 Å². The number of imide groups is 1. The van der Waals surface area contributed by atoms with E-state index in [2.05, 4.69) is 23.2 Å². The van der Waals surface area contributed by atoms with E-state index in [9.17, 15) is 9.59 Å². The van der Waals surface area contributed by atoms with Crippen LogP contribution < -0.4 is 4.74 Å². The van der Waals surface area contributed by atoms with Crippen LogP contribution in [-0.4, -0.2) is 29.6 Å². The van der Waals surface area contributed by atoms with Crippen LogP contribution >= 0.6 is 0 Å². The fourth-order valence-electron chi connectivity index (χ4n) is 5.82. The number of fused-ring (bicyclic) bond motifs is 1. The van der Waals surface area contributed by atoms with Crippen LogP contribution in [0.5, 0.6) is 5.75 Å². The Labute approximate surface area is 174 Å². The fourth-order valence-corrected chi connectivity index (χ4v) is 5.82. The number of rotatable bonds is 4. The molecule has 0 N–H and O–H groups in total. The SMILES string of the molecule is C#CCOc1ccc2ccccc2c1/C=N\N1C(=O)[C@@H]2[C@H]3C=C[C@@H]([C@@H]4C[C@@H]34)[C@H]2C1=O. The molecular formula is C25H20N2O3. The molecule has 0 unspecified atom stereocenters. The third-order valence-corrected chi connectivity index (χ3v) is 7.18. The average Bonchev–Trinajstić information content (AvgIpc) is 3.56. The Kier molecular flexibility index (Phi) is 3.67. The molecule has 1 saturated heterocycles. The summed E-state index contributed by atoms with van der Waals surface area (Å²) < 4.78 is 5.70. The number of hydrogen-bond acceptors (Lipinski definition) is 4. The van der Waals surface area contributed by atoms with Crippen molar-refractivity contribution in [2.75, 3.05) is 6.61 Å². The van der Waals surface area contributed by atoms with Gasteiger partial charge in [-0.2, -0.15) is 10.1 Å². The zero-order valence-electron chi connectivity index (χ0n) is 16.3. The molecule has 2 amide bonds. The lowest BCUT2D eigenvalue weighted by Crippen LogP contribution is -2.40. The minimum Gasteiger partial charge on any atom is -0.480 e. The number of nitrogens with zero attached hydrogens (tertiary/aromatic N) is 2. The van der Waals surface area contributed by atoms with Gasteiger partial charge < -0.3 is 4.74 Å². The van der Waals surface area contributed by atoms with Crippen LogP contribution in [-0.2, 0) is 9.59 Å². The van der Waals surface area contributed by atoms with E-state index in [1.54, 1.807) is 6.21 Å². The first-order chi connectivity index (χ1) is 14.7. The van der Waals surface area contributed by atoms with Gasteiger partial charge in [0.1, 0.15) is 12.4 Å². The van der Waals surface area contributed by atoms with Crippen molar-refractivity contribution in [3.05, 3.63) is 54.1 Å². The van der Waals surface area contributed by atoms with Gasteiger partial charge in [0.25, 0.3) is 11.8 Å². The predicted octanol–water partition coefficient (Wildman–Crippen LogP) is 3.24. The van der Waals surface area contributed by atoms with Crippen molar-refractivity contribution < 1.29 is 14.3 Å².